The van der Waals surface area contributed by atoms with Crippen molar-refractivity contribution >= 4 is 34.1 Å². The quantitative estimate of drug-likeness (QED) is 0.377. The largest absolute Gasteiger partial charge is 0.484 e. The third-order valence-electron chi connectivity index (χ3n) is 4.61. The maximum atomic E-state index is 6.20. The molecule has 0 bridgehead atoms. The maximum Gasteiger partial charge on any atom is 0.191 e. The molecule has 142 valence electrons. The van der Waals surface area contributed by atoms with Crippen molar-refractivity contribution in [1.29, 1.82) is 0 Å². The fourth-order valence-electron chi connectivity index (χ4n) is 3.02. The lowest BCUT2D eigenvalue weighted by Crippen LogP contribution is -2.04. The first-order chi connectivity index (χ1) is 13.6. The van der Waals surface area contributed by atoms with E-state index in [0.29, 0.717) is 17.4 Å². The molecule has 0 spiro atoms. The molecular formula is C22H20ClN3OS. The number of thioether (sulfide) groups is 1. The Bertz CT molecular complexity index is 1120. The van der Waals surface area contributed by atoms with Crippen LogP contribution >= 0.6 is 23.4 Å². The molecule has 3 aromatic carbocycles. The molecule has 0 aliphatic rings. The van der Waals surface area contributed by atoms with Crippen LogP contribution in [0.5, 0.6) is 5.75 Å². The predicted octanol–water partition coefficient (Wildman–Crippen LogP) is 5.80. The second-order valence-corrected chi connectivity index (χ2v) is 7.96. The van der Waals surface area contributed by atoms with Crippen LogP contribution in [0.1, 0.15) is 17.0 Å². The van der Waals surface area contributed by atoms with Gasteiger partial charge in [0, 0.05) is 12.8 Å². The number of hydrogen-bond acceptors (Lipinski definition) is 4. The molecule has 0 aliphatic carbocycles. The maximum absolute atomic E-state index is 6.20. The second-order valence-electron chi connectivity index (χ2n) is 6.61. The summed E-state index contributed by atoms with van der Waals surface area (Å²) in [5.41, 5.74) is 2.39. The Balaban J connectivity index is 1.45. The summed E-state index contributed by atoms with van der Waals surface area (Å²) in [5.74, 6) is 2.25. The summed E-state index contributed by atoms with van der Waals surface area (Å²) < 4.78 is 7.83. The average molecular weight is 410 g/mol. The number of halogens is 1. The lowest BCUT2D eigenvalue weighted by atomic mass is 10.1. The Kier molecular flexibility index (Phi) is 5.55. The van der Waals surface area contributed by atoms with Crippen molar-refractivity contribution < 1.29 is 4.74 Å². The van der Waals surface area contributed by atoms with Gasteiger partial charge in [0.2, 0.25) is 0 Å². The van der Waals surface area contributed by atoms with E-state index in [-0.39, 0.29) is 0 Å². The second kappa shape index (κ2) is 8.25. The van der Waals surface area contributed by atoms with Gasteiger partial charge in [0.1, 0.15) is 12.4 Å². The number of hydrogen-bond donors (Lipinski definition) is 0. The number of ether oxygens (including phenoxy) is 1. The number of nitrogens with zero attached hydrogens (tertiary/aromatic N) is 3. The van der Waals surface area contributed by atoms with Gasteiger partial charge in [-0.3, -0.25) is 0 Å². The van der Waals surface area contributed by atoms with Gasteiger partial charge in [-0.1, -0.05) is 71.9 Å². The topological polar surface area (TPSA) is 39.9 Å². The van der Waals surface area contributed by atoms with Crippen molar-refractivity contribution in [3.63, 3.8) is 0 Å². The van der Waals surface area contributed by atoms with E-state index in [1.807, 2.05) is 36.7 Å². The van der Waals surface area contributed by atoms with Crippen LogP contribution in [0.2, 0.25) is 5.02 Å². The minimum Gasteiger partial charge on any atom is -0.484 e. The van der Waals surface area contributed by atoms with Gasteiger partial charge >= 0.3 is 0 Å². The predicted molar refractivity (Wildman–Crippen MR) is 115 cm³/mol. The Morgan fingerprint density at radius 3 is 2.75 bits per heavy atom. The molecule has 0 radical (unpaired) electrons. The Morgan fingerprint density at radius 2 is 1.86 bits per heavy atom. The molecule has 0 fully saturated rings. The first-order valence-corrected chi connectivity index (χ1v) is 10.3. The molecule has 0 aliphatic heterocycles. The molecule has 0 amide bonds. The molecule has 4 aromatic rings. The molecule has 0 saturated carbocycles. The van der Waals surface area contributed by atoms with Crippen LogP contribution in [0, 0.1) is 6.92 Å². The Hall–Kier alpha value is -2.50. The SMILES string of the molecule is Cc1ccc(Cl)c(OCc2nnc(SCc3cccc4ccccc34)n2C)c1. The minimum absolute atomic E-state index is 0.321. The van der Waals surface area contributed by atoms with Crippen LogP contribution in [0.3, 0.4) is 0 Å². The van der Waals surface area contributed by atoms with Gasteiger partial charge in [0.25, 0.3) is 0 Å². The van der Waals surface area contributed by atoms with E-state index in [9.17, 15) is 0 Å². The van der Waals surface area contributed by atoms with Gasteiger partial charge in [-0.15, -0.1) is 10.2 Å². The third-order valence-corrected chi connectivity index (χ3v) is 5.99. The molecule has 4 rings (SSSR count). The molecule has 0 saturated heterocycles. The summed E-state index contributed by atoms with van der Waals surface area (Å²) >= 11 is 7.87. The van der Waals surface area contributed by atoms with Crippen LogP contribution in [-0.2, 0) is 19.4 Å². The third kappa shape index (κ3) is 4.01. The average Bonchev–Trinajstić information content (AvgIpc) is 3.06. The van der Waals surface area contributed by atoms with Gasteiger partial charge in [-0.05, 0) is 41.0 Å². The lowest BCUT2D eigenvalue weighted by Gasteiger charge is -2.09. The zero-order valence-electron chi connectivity index (χ0n) is 15.7. The number of aryl methyl sites for hydroxylation is 1. The zero-order chi connectivity index (χ0) is 19.5. The first kappa shape index (κ1) is 18.8. The van der Waals surface area contributed by atoms with Crippen LogP contribution < -0.4 is 4.74 Å². The van der Waals surface area contributed by atoms with E-state index in [1.165, 1.54) is 16.3 Å². The summed E-state index contributed by atoms with van der Waals surface area (Å²) in [6, 6.07) is 20.6. The number of benzene rings is 3. The summed E-state index contributed by atoms with van der Waals surface area (Å²) in [6.07, 6.45) is 0. The summed E-state index contributed by atoms with van der Waals surface area (Å²) in [6.45, 7) is 2.33. The monoisotopic (exact) mass is 409 g/mol. The zero-order valence-corrected chi connectivity index (χ0v) is 17.3. The number of aromatic nitrogens is 3. The van der Waals surface area contributed by atoms with Crippen molar-refractivity contribution in [2.24, 2.45) is 7.05 Å². The molecule has 0 atom stereocenters. The van der Waals surface area contributed by atoms with Gasteiger partial charge in [0.15, 0.2) is 11.0 Å². The molecule has 28 heavy (non-hydrogen) atoms. The van der Waals surface area contributed by atoms with Crippen molar-refractivity contribution in [3.8, 4) is 5.75 Å². The number of rotatable bonds is 6. The van der Waals surface area contributed by atoms with Crippen LogP contribution in [0.25, 0.3) is 10.8 Å². The smallest absolute Gasteiger partial charge is 0.191 e. The standard InChI is InChI=1S/C22H20ClN3OS/c1-15-10-11-19(23)20(12-15)27-13-21-24-25-22(26(21)2)28-14-17-8-5-7-16-6-3-4-9-18(16)17/h3-12H,13-14H2,1-2H3. The van der Waals surface area contributed by atoms with Gasteiger partial charge in [-0.25, -0.2) is 0 Å². The highest BCUT2D eigenvalue weighted by Gasteiger charge is 2.12. The van der Waals surface area contributed by atoms with E-state index in [2.05, 4.69) is 52.7 Å². The Labute approximate surface area is 173 Å². The summed E-state index contributed by atoms with van der Waals surface area (Å²) in [4.78, 5) is 0. The first-order valence-electron chi connectivity index (χ1n) is 8.98. The number of fused-ring (bicyclic) bond motifs is 1. The fraction of sp³-hybridized carbons (Fsp3) is 0.182. The minimum atomic E-state index is 0.321. The summed E-state index contributed by atoms with van der Waals surface area (Å²) in [5, 5.41) is 12.6. The van der Waals surface area contributed by atoms with Crippen LogP contribution in [0.15, 0.2) is 65.8 Å². The van der Waals surface area contributed by atoms with Gasteiger partial charge in [-0.2, -0.15) is 0 Å². The van der Waals surface area contributed by atoms with E-state index in [0.717, 1.165) is 22.3 Å². The summed E-state index contributed by atoms with van der Waals surface area (Å²) in [7, 11) is 1.96. The van der Waals surface area contributed by atoms with Gasteiger partial charge in [0.05, 0.1) is 5.02 Å². The van der Waals surface area contributed by atoms with E-state index in [4.69, 9.17) is 16.3 Å². The van der Waals surface area contributed by atoms with E-state index >= 15 is 0 Å². The molecule has 1 aromatic heterocycles. The molecule has 1 heterocycles. The van der Waals surface area contributed by atoms with Crippen LogP contribution in [0.4, 0.5) is 0 Å². The highest BCUT2D eigenvalue weighted by molar-refractivity contribution is 7.98. The van der Waals surface area contributed by atoms with Crippen LogP contribution in [-0.4, -0.2) is 14.8 Å². The fourth-order valence-corrected chi connectivity index (χ4v) is 4.13. The van der Waals surface area contributed by atoms with Crippen molar-refractivity contribution in [2.45, 2.75) is 24.4 Å². The molecule has 4 nitrogen and oxygen atoms in total. The van der Waals surface area contributed by atoms with Crippen molar-refractivity contribution in [1.82, 2.24) is 14.8 Å². The highest BCUT2D eigenvalue weighted by atomic mass is 35.5. The molecular weight excluding hydrogens is 390 g/mol. The van der Waals surface area contributed by atoms with Gasteiger partial charge < -0.3 is 9.30 Å². The molecule has 0 N–H and O–H groups in total. The van der Waals surface area contributed by atoms with E-state index < -0.39 is 0 Å². The Morgan fingerprint density at radius 1 is 1.04 bits per heavy atom. The highest BCUT2D eigenvalue weighted by Crippen LogP contribution is 2.28. The molecule has 6 heteroatoms. The van der Waals surface area contributed by atoms with Crippen molar-refractivity contribution in [2.75, 3.05) is 0 Å². The normalized spacial score (nSPS) is 11.1. The molecule has 0 unspecified atom stereocenters. The lowest BCUT2D eigenvalue weighted by molar-refractivity contribution is 0.290. The van der Waals surface area contributed by atoms with E-state index in [1.54, 1.807) is 11.8 Å². The van der Waals surface area contributed by atoms with Crippen molar-refractivity contribution in [3.05, 3.63) is 82.6 Å².